The van der Waals surface area contributed by atoms with Crippen LogP contribution in [-0.4, -0.2) is 30.1 Å². The van der Waals surface area contributed by atoms with E-state index in [4.69, 9.17) is 4.74 Å². The van der Waals surface area contributed by atoms with Gasteiger partial charge in [-0.2, -0.15) is 0 Å². The van der Waals surface area contributed by atoms with Gasteiger partial charge in [-0.25, -0.2) is 4.98 Å². The maximum Gasteiger partial charge on any atom is 0.270 e. The van der Waals surface area contributed by atoms with E-state index in [1.54, 1.807) is 10.9 Å². The van der Waals surface area contributed by atoms with Gasteiger partial charge >= 0.3 is 0 Å². The van der Waals surface area contributed by atoms with E-state index >= 15 is 0 Å². The molecule has 1 heterocycles. The molecule has 1 N–H and O–H groups in total. The number of carbonyl (C=O) groups is 1. The Morgan fingerprint density at radius 1 is 1.71 bits per heavy atom. The van der Waals surface area contributed by atoms with E-state index in [1.165, 1.54) is 11.3 Å². The summed E-state index contributed by atoms with van der Waals surface area (Å²) < 4.78 is 5.28. The van der Waals surface area contributed by atoms with Crippen molar-refractivity contribution in [1.82, 2.24) is 10.3 Å². The Balaban J connectivity index is 2.16. The number of hydrogen-bond acceptors (Lipinski definition) is 4. The predicted octanol–water partition coefficient (Wildman–Crippen LogP) is 1.30. The van der Waals surface area contributed by atoms with Crippen LogP contribution in [0.2, 0.25) is 0 Å². The molecule has 0 atom stereocenters. The molecule has 0 saturated heterocycles. The molecule has 1 amide bonds. The molecular weight excluding hydrogens is 200 g/mol. The predicted molar refractivity (Wildman–Crippen MR) is 55.5 cm³/mol. The molecule has 0 saturated carbocycles. The highest BCUT2D eigenvalue weighted by Crippen LogP contribution is 1.99. The van der Waals surface area contributed by atoms with Crippen LogP contribution in [-0.2, 0) is 4.74 Å². The summed E-state index contributed by atoms with van der Waals surface area (Å²) in [5, 5.41) is 4.44. The van der Waals surface area contributed by atoms with Gasteiger partial charge in [-0.15, -0.1) is 11.3 Å². The largest absolute Gasteiger partial charge is 0.377 e. The van der Waals surface area contributed by atoms with Crippen molar-refractivity contribution in [3.63, 3.8) is 0 Å². The van der Waals surface area contributed by atoms with Gasteiger partial charge in [-0.3, -0.25) is 4.79 Å². The van der Waals surface area contributed by atoms with Gasteiger partial charge in [0, 0.05) is 11.9 Å². The zero-order chi connectivity index (χ0) is 10.4. The molecule has 4 nitrogen and oxygen atoms in total. The van der Waals surface area contributed by atoms with E-state index in [0.29, 0.717) is 18.8 Å². The third-order valence-corrected chi connectivity index (χ3v) is 2.09. The summed E-state index contributed by atoms with van der Waals surface area (Å²) in [4.78, 5) is 15.2. The smallest absolute Gasteiger partial charge is 0.270 e. The first-order chi connectivity index (χ1) is 6.70. The monoisotopic (exact) mass is 214 g/mol. The number of thiazole rings is 1. The topological polar surface area (TPSA) is 51.2 Å². The average molecular weight is 214 g/mol. The van der Waals surface area contributed by atoms with Crippen molar-refractivity contribution in [1.29, 1.82) is 0 Å². The second-order valence-corrected chi connectivity index (χ2v) is 3.77. The summed E-state index contributed by atoms with van der Waals surface area (Å²) in [5.41, 5.74) is 2.11. The summed E-state index contributed by atoms with van der Waals surface area (Å²) in [6, 6.07) is 0. The Bertz CT molecular complexity index is 272. The fourth-order valence-electron chi connectivity index (χ4n) is 0.874. The third-order valence-electron chi connectivity index (χ3n) is 1.50. The number of ether oxygens (including phenoxy) is 1. The number of amides is 1. The maximum absolute atomic E-state index is 11.3. The van der Waals surface area contributed by atoms with Crippen molar-refractivity contribution in [2.45, 2.75) is 20.0 Å². The fraction of sp³-hybridized carbons (Fsp3) is 0.556. The van der Waals surface area contributed by atoms with E-state index in [2.05, 4.69) is 10.3 Å². The second kappa shape index (κ2) is 5.72. The van der Waals surface area contributed by atoms with Crippen LogP contribution in [0.4, 0.5) is 0 Å². The van der Waals surface area contributed by atoms with Gasteiger partial charge in [0.1, 0.15) is 5.69 Å². The number of carbonyl (C=O) groups excluding carboxylic acids is 1. The van der Waals surface area contributed by atoms with Crippen LogP contribution in [0, 0.1) is 0 Å². The lowest BCUT2D eigenvalue weighted by Crippen LogP contribution is -2.28. The first-order valence-electron chi connectivity index (χ1n) is 4.48. The van der Waals surface area contributed by atoms with E-state index in [1.807, 2.05) is 13.8 Å². The molecule has 1 aromatic heterocycles. The first-order valence-corrected chi connectivity index (χ1v) is 5.42. The summed E-state index contributed by atoms with van der Waals surface area (Å²) in [6.45, 7) is 4.98. The summed E-state index contributed by atoms with van der Waals surface area (Å²) in [5.74, 6) is -0.140. The van der Waals surface area contributed by atoms with Crippen LogP contribution >= 0.6 is 11.3 Å². The highest BCUT2D eigenvalue weighted by molar-refractivity contribution is 7.07. The normalized spacial score (nSPS) is 10.5. The molecule has 0 aliphatic rings. The lowest BCUT2D eigenvalue weighted by atomic mass is 10.4. The van der Waals surface area contributed by atoms with Gasteiger partial charge < -0.3 is 10.1 Å². The molecule has 1 aromatic rings. The quantitative estimate of drug-likeness (QED) is 0.752. The molecule has 0 fully saturated rings. The summed E-state index contributed by atoms with van der Waals surface area (Å²) in [7, 11) is 0. The van der Waals surface area contributed by atoms with Crippen molar-refractivity contribution in [2.24, 2.45) is 0 Å². The van der Waals surface area contributed by atoms with Crippen molar-refractivity contribution < 1.29 is 9.53 Å². The molecule has 0 unspecified atom stereocenters. The van der Waals surface area contributed by atoms with E-state index in [9.17, 15) is 4.79 Å². The molecule has 0 bridgehead atoms. The van der Waals surface area contributed by atoms with Crippen LogP contribution in [0.25, 0.3) is 0 Å². The molecule has 0 aliphatic heterocycles. The Labute approximate surface area is 87.3 Å². The number of hydrogen-bond donors (Lipinski definition) is 1. The van der Waals surface area contributed by atoms with Gasteiger partial charge in [-0.1, -0.05) is 0 Å². The SMILES string of the molecule is CC(C)OCCNC(=O)c1cscn1. The molecule has 1 rings (SSSR count). The minimum Gasteiger partial charge on any atom is -0.377 e. The van der Waals surface area contributed by atoms with Crippen molar-refractivity contribution in [2.75, 3.05) is 13.2 Å². The Hall–Kier alpha value is -0.940. The first kappa shape index (κ1) is 11.1. The van der Waals surface area contributed by atoms with Gasteiger partial charge in [0.25, 0.3) is 5.91 Å². The highest BCUT2D eigenvalue weighted by Gasteiger charge is 2.05. The van der Waals surface area contributed by atoms with Gasteiger partial charge in [0.05, 0.1) is 18.2 Å². The summed E-state index contributed by atoms with van der Waals surface area (Å²) >= 11 is 1.41. The minimum absolute atomic E-state index is 0.140. The van der Waals surface area contributed by atoms with Crippen LogP contribution < -0.4 is 5.32 Å². The minimum atomic E-state index is -0.140. The average Bonchev–Trinajstić information content (AvgIpc) is 2.64. The van der Waals surface area contributed by atoms with E-state index in [0.717, 1.165) is 0 Å². The van der Waals surface area contributed by atoms with E-state index in [-0.39, 0.29) is 12.0 Å². The zero-order valence-corrected chi connectivity index (χ0v) is 9.13. The van der Waals surface area contributed by atoms with Crippen LogP contribution in [0.1, 0.15) is 24.3 Å². The second-order valence-electron chi connectivity index (χ2n) is 3.05. The zero-order valence-electron chi connectivity index (χ0n) is 8.32. The number of nitrogens with one attached hydrogen (secondary N) is 1. The number of aromatic nitrogens is 1. The van der Waals surface area contributed by atoms with Crippen molar-refractivity contribution >= 4 is 17.2 Å². The molecular formula is C9H14N2O2S. The molecule has 14 heavy (non-hydrogen) atoms. The third kappa shape index (κ3) is 3.85. The molecule has 78 valence electrons. The molecule has 0 aromatic carbocycles. The lowest BCUT2D eigenvalue weighted by Gasteiger charge is -2.07. The summed E-state index contributed by atoms with van der Waals surface area (Å²) in [6.07, 6.45) is 0.200. The van der Waals surface area contributed by atoms with Gasteiger partial charge in [0.15, 0.2) is 0 Å². The van der Waals surface area contributed by atoms with E-state index < -0.39 is 0 Å². The molecule has 5 heteroatoms. The Morgan fingerprint density at radius 2 is 2.50 bits per heavy atom. The van der Waals surface area contributed by atoms with Crippen molar-refractivity contribution in [3.8, 4) is 0 Å². The molecule has 0 aliphatic carbocycles. The van der Waals surface area contributed by atoms with Gasteiger partial charge in [0.2, 0.25) is 0 Å². The molecule has 0 radical (unpaired) electrons. The van der Waals surface area contributed by atoms with Crippen molar-refractivity contribution in [3.05, 3.63) is 16.6 Å². The number of nitrogens with zero attached hydrogens (tertiary/aromatic N) is 1. The fourth-order valence-corrected chi connectivity index (χ4v) is 1.41. The van der Waals surface area contributed by atoms with Gasteiger partial charge in [-0.05, 0) is 13.8 Å². The van der Waals surface area contributed by atoms with Crippen LogP contribution in [0.15, 0.2) is 10.9 Å². The Morgan fingerprint density at radius 3 is 3.07 bits per heavy atom. The Kier molecular flexibility index (Phi) is 4.55. The standard InChI is InChI=1S/C9H14N2O2S/c1-7(2)13-4-3-10-9(12)8-5-14-6-11-8/h5-7H,3-4H2,1-2H3,(H,10,12). The maximum atomic E-state index is 11.3. The molecule has 0 spiro atoms. The van der Waals surface area contributed by atoms with Crippen LogP contribution in [0.3, 0.4) is 0 Å². The lowest BCUT2D eigenvalue weighted by molar-refractivity contribution is 0.0745. The number of rotatable bonds is 5. The van der Waals surface area contributed by atoms with Crippen LogP contribution in [0.5, 0.6) is 0 Å². The highest BCUT2D eigenvalue weighted by atomic mass is 32.1.